The van der Waals surface area contributed by atoms with Crippen LogP contribution in [0, 0.1) is 11.3 Å². The highest BCUT2D eigenvalue weighted by atomic mass is 32.1. The fraction of sp³-hybridized carbons (Fsp3) is 0.385. The summed E-state index contributed by atoms with van der Waals surface area (Å²) >= 11 is 4.88. The second-order valence-corrected chi connectivity index (χ2v) is 4.82. The predicted molar refractivity (Wildman–Crippen MR) is 77.6 cm³/mol. The summed E-state index contributed by atoms with van der Waals surface area (Å²) in [6.07, 6.45) is 3.68. The molecule has 3 N–H and O–H groups in total. The fourth-order valence-electron chi connectivity index (χ4n) is 2.25. The Labute approximate surface area is 112 Å². The average molecular weight is 260 g/mol. The number of benzene rings is 1. The molecule has 0 unspecified atom stereocenters. The van der Waals surface area contributed by atoms with Crippen LogP contribution in [0.1, 0.15) is 24.8 Å². The number of rotatable bonds is 2. The number of nitriles is 1. The van der Waals surface area contributed by atoms with E-state index in [0.29, 0.717) is 5.56 Å². The van der Waals surface area contributed by atoms with E-state index < -0.39 is 0 Å². The van der Waals surface area contributed by atoms with Crippen LogP contribution in [0.15, 0.2) is 18.2 Å². The zero-order chi connectivity index (χ0) is 13.0. The van der Waals surface area contributed by atoms with Gasteiger partial charge < -0.3 is 16.0 Å². The number of piperidine rings is 1. The van der Waals surface area contributed by atoms with Gasteiger partial charge in [-0.05, 0) is 49.7 Å². The van der Waals surface area contributed by atoms with Crippen molar-refractivity contribution in [1.29, 1.82) is 5.26 Å². The lowest BCUT2D eigenvalue weighted by molar-refractivity contribution is 0.578. The van der Waals surface area contributed by atoms with Gasteiger partial charge in [-0.2, -0.15) is 5.26 Å². The monoisotopic (exact) mass is 260 g/mol. The first-order valence-corrected chi connectivity index (χ1v) is 6.47. The highest BCUT2D eigenvalue weighted by Crippen LogP contribution is 2.29. The van der Waals surface area contributed by atoms with Crippen molar-refractivity contribution in [3.63, 3.8) is 0 Å². The first-order valence-electron chi connectivity index (χ1n) is 6.06. The molecule has 4 nitrogen and oxygen atoms in total. The third-order valence-corrected chi connectivity index (χ3v) is 3.18. The molecule has 0 amide bonds. The van der Waals surface area contributed by atoms with Crippen molar-refractivity contribution < 1.29 is 0 Å². The van der Waals surface area contributed by atoms with Crippen LogP contribution in [0.5, 0.6) is 0 Å². The minimum Gasteiger partial charge on any atom is -0.376 e. The smallest absolute Gasteiger partial charge is 0.168 e. The third-order valence-electron chi connectivity index (χ3n) is 3.08. The SMILES string of the molecule is N#Cc1ccc(N2CCCCC2)c(NC(N)=S)c1. The fourth-order valence-corrected chi connectivity index (χ4v) is 2.36. The average Bonchev–Trinajstić information content (AvgIpc) is 2.39. The topological polar surface area (TPSA) is 65.1 Å². The van der Waals surface area contributed by atoms with E-state index in [1.165, 1.54) is 19.3 Å². The van der Waals surface area contributed by atoms with Crippen LogP contribution in [0.4, 0.5) is 11.4 Å². The Balaban J connectivity index is 2.32. The Morgan fingerprint density at radius 2 is 2.06 bits per heavy atom. The molecule has 1 aliphatic heterocycles. The summed E-state index contributed by atoms with van der Waals surface area (Å²) in [4.78, 5) is 2.31. The molecule has 2 rings (SSSR count). The van der Waals surface area contributed by atoms with Crippen LogP contribution >= 0.6 is 12.2 Å². The first-order chi connectivity index (χ1) is 8.70. The number of nitrogens with two attached hydrogens (primary N) is 1. The van der Waals surface area contributed by atoms with Gasteiger partial charge in [-0.1, -0.05) is 0 Å². The molecular formula is C13H16N4S. The molecule has 0 aromatic heterocycles. The van der Waals surface area contributed by atoms with Gasteiger partial charge >= 0.3 is 0 Å². The highest BCUT2D eigenvalue weighted by molar-refractivity contribution is 7.80. The van der Waals surface area contributed by atoms with Crippen LogP contribution in [0.2, 0.25) is 0 Å². The summed E-state index contributed by atoms with van der Waals surface area (Å²) in [5.74, 6) is 0. The summed E-state index contributed by atoms with van der Waals surface area (Å²) in [5, 5.41) is 12.1. The van der Waals surface area contributed by atoms with E-state index in [4.69, 9.17) is 23.2 Å². The number of nitrogens with zero attached hydrogens (tertiary/aromatic N) is 2. The number of hydrogen-bond acceptors (Lipinski definition) is 3. The minimum absolute atomic E-state index is 0.225. The van der Waals surface area contributed by atoms with Crippen molar-refractivity contribution >= 4 is 28.7 Å². The van der Waals surface area contributed by atoms with Crippen LogP contribution in [0.25, 0.3) is 0 Å². The van der Waals surface area contributed by atoms with Crippen molar-refractivity contribution in [2.24, 2.45) is 5.73 Å². The maximum Gasteiger partial charge on any atom is 0.168 e. The van der Waals surface area contributed by atoms with Gasteiger partial charge in [-0.3, -0.25) is 0 Å². The van der Waals surface area contributed by atoms with E-state index in [9.17, 15) is 0 Å². The largest absolute Gasteiger partial charge is 0.376 e. The van der Waals surface area contributed by atoms with Gasteiger partial charge in [0.2, 0.25) is 0 Å². The Kier molecular flexibility index (Phi) is 4.00. The number of hydrogen-bond donors (Lipinski definition) is 2. The lowest BCUT2D eigenvalue weighted by Gasteiger charge is -2.30. The molecule has 0 aliphatic carbocycles. The molecule has 0 saturated carbocycles. The lowest BCUT2D eigenvalue weighted by atomic mass is 10.1. The van der Waals surface area contributed by atoms with Crippen LogP contribution in [-0.2, 0) is 0 Å². The second kappa shape index (κ2) is 5.69. The zero-order valence-corrected chi connectivity index (χ0v) is 11.0. The van der Waals surface area contributed by atoms with E-state index in [-0.39, 0.29) is 5.11 Å². The third kappa shape index (κ3) is 2.90. The molecule has 0 atom stereocenters. The normalized spacial score (nSPS) is 14.9. The van der Waals surface area contributed by atoms with Crippen molar-refractivity contribution in [2.75, 3.05) is 23.3 Å². The predicted octanol–water partition coefficient (Wildman–Crippen LogP) is 2.20. The van der Waals surface area contributed by atoms with Gasteiger partial charge in [-0.25, -0.2) is 0 Å². The second-order valence-electron chi connectivity index (χ2n) is 4.38. The van der Waals surface area contributed by atoms with Crippen molar-refractivity contribution in [1.82, 2.24) is 0 Å². The maximum atomic E-state index is 8.94. The molecule has 0 radical (unpaired) electrons. The molecule has 0 spiro atoms. The molecule has 1 saturated heterocycles. The van der Waals surface area contributed by atoms with Gasteiger partial charge in [0.05, 0.1) is 23.0 Å². The van der Waals surface area contributed by atoms with E-state index in [0.717, 1.165) is 24.5 Å². The quantitative estimate of drug-likeness (QED) is 0.798. The molecule has 1 aromatic carbocycles. The van der Waals surface area contributed by atoms with E-state index in [1.54, 1.807) is 6.07 Å². The van der Waals surface area contributed by atoms with Crippen molar-refractivity contribution in [3.05, 3.63) is 23.8 Å². The van der Waals surface area contributed by atoms with E-state index in [2.05, 4.69) is 16.3 Å². The van der Waals surface area contributed by atoms with Gasteiger partial charge in [-0.15, -0.1) is 0 Å². The number of nitrogens with one attached hydrogen (secondary N) is 1. The first kappa shape index (κ1) is 12.7. The Hall–Kier alpha value is -1.80. The standard InChI is InChI=1S/C13H16N4S/c14-9-10-4-5-12(11(8-10)16-13(15)18)17-6-2-1-3-7-17/h4-5,8H,1-3,6-7H2,(H3,15,16,18). The van der Waals surface area contributed by atoms with Crippen LogP contribution in [-0.4, -0.2) is 18.2 Å². The Morgan fingerprint density at radius 3 is 2.67 bits per heavy atom. The van der Waals surface area contributed by atoms with Gasteiger partial charge in [0.1, 0.15) is 0 Å². The Morgan fingerprint density at radius 1 is 1.33 bits per heavy atom. The zero-order valence-electron chi connectivity index (χ0n) is 10.1. The Bertz CT molecular complexity index is 486. The summed E-state index contributed by atoms with van der Waals surface area (Å²) in [5.41, 5.74) is 8.03. The van der Waals surface area contributed by atoms with Gasteiger partial charge in [0.15, 0.2) is 5.11 Å². The van der Waals surface area contributed by atoms with E-state index >= 15 is 0 Å². The molecule has 0 bridgehead atoms. The molecule has 5 heteroatoms. The minimum atomic E-state index is 0.225. The highest BCUT2D eigenvalue weighted by Gasteiger charge is 2.15. The number of anilines is 2. The molecule has 1 aliphatic rings. The van der Waals surface area contributed by atoms with Crippen LogP contribution in [0.3, 0.4) is 0 Å². The molecule has 1 heterocycles. The van der Waals surface area contributed by atoms with Crippen LogP contribution < -0.4 is 16.0 Å². The van der Waals surface area contributed by atoms with Crippen molar-refractivity contribution in [2.45, 2.75) is 19.3 Å². The summed E-state index contributed by atoms with van der Waals surface area (Å²) < 4.78 is 0. The molecule has 18 heavy (non-hydrogen) atoms. The van der Waals surface area contributed by atoms with Gasteiger partial charge in [0.25, 0.3) is 0 Å². The molecule has 1 aromatic rings. The van der Waals surface area contributed by atoms with E-state index in [1.807, 2.05) is 12.1 Å². The summed E-state index contributed by atoms with van der Waals surface area (Å²) in [7, 11) is 0. The lowest BCUT2D eigenvalue weighted by Crippen LogP contribution is -2.31. The summed E-state index contributed by atoms with van der Waals surface area (Å²) in [6, 6.07) is 7.71. The molecule has 94 valence electrons. The molecular weight excluding hydrogens is 244 g/mol. The number of thiocarbonyl (C=S) groups is 1. The summed E-state index contributed by atoms with van der Waals surface area (Å²) in [6.45, 7) is 2.08. The maximum absolute atomic E-state index is 8.94. The van der Waals surface area contributed by atoms with Crippen molar-refractivity contribution in [3.8, 4) is 6.07 Å². The molecule has 1 fully saturated rings. The van der Waals surface area contributed by atoms with Gasteiger partial charge in [0, 0.05) is 13.1 Å².